The predicted molar refractivity (Wildman–Crippen MR) is 120 cm³/mol. The van der Waals surface area contributed by atoms with Crippen molar-refractivity contribution >= 4 is 28.6 Å². The van der Waals surface area contributed by atoms with Gasteiger partial charge in [-0.05, 0) is 31.4 Å². The third-order valence-corrected chi connectivity index (χ3v) is 6.67. The second-order valence-electron chi connectivity index (χ2n) is 8.02. The van der Waals surface area contributed by atoms with Crippen LogP contribution in [0, 0.1) is 11.3 Å². The van der Waals surface area contributed by atoms with Gasteiger partial charge in [-0.3, -0.25) is 14.2 Å². The summed E-state index contributed by atoms with van der Waals surface area (Å²) in [7, 11) is 0. The number of aromatic nitrogens is 2. The molecule has 1 amide bonds. The van der Waals surface area contributed by atoms with Crippen molar-refractivity contribution in [2.24, 2.45) is 0 Å². The van der Waals surface area contributed by atoms with Crippen LogP contribution >= 0.6 is 11.8 Å². The maximum Gasteiger partial charge on any atom is 0.262 e. The number of unbranched alkanes of at least 4 members (excludes halogenated alkanes) is 3. The van der Waals surface area contributed by atoms with Crippen LogP contribution in [0.15, 0.2) is 34.2 Å². The first-order valence-electron chi connectivity index (χ1n) is 10.9. The molecule has 0 spiro atoms. The Morgan fingerprint density at radius 2 is 2.00 bits per heavy atom. The highest BCUT2D eigenvalue weighted by Crippen LogP contribution is 2.28. The molecule has 1 aromatic heterocycles. The summed E-state index contributed by atoms with van der Waals surface area (Å²) in [6.45, 7) is 2.76. The van der Waals surface area contributed by atoms with Crippen LogP contribution in [-0.2, 0) is 11.3 Å². The zero-order valence-electron chi connectivity index (χ0n) is 17.7. The van der Waals surface area contributed by atoms with Crippen LogP contribution in [0.25, 0.3) is 10.9 Å². The number of carbonyl (C=O) groups is 1. The SMILES string of the molecule is CCCCCCn1c(SCC(=O)NC2(C#N)CCCCC2)nc2ccccc2c1=O. The molecule has 30 heavy (non-hydrogen) atoms. The summed E-state index contributed by atoms with van der Waals surface area (Å²) in [5.41, 5.74) is -0.149. The van der Waals surface area contributed by atoms with E-state index in [2.05, 4.69) is 23.3 Å². The maximum absolute atomic E-state index is 13.0. The van der Waals surface area contributed by atoms with Crippen LogP contribution in [0.1, 0.15) is 64.7 Å². The summed E-state index contributed by atoms with van der Waals surface area (Å²) in [6.07, 6.45) is 8.68. The Kier molecular flexibility index (Phi) is 7.92. The standard InChI is InChI=1S/C23H30N4O2S/c1-2-3-4-10-15-27-21(29)18-11-6-7-12-19(18)25-22(27)30-16-20(28)26-23(17-24)13-8-5-9-14-23/h6-7,11-12H,2-5,8-10,13-16H2,1H3,(H,26,28). The number of carbonyl (C=O) groups excluding carboxylic acids is 1. The fourth-order valence-corrected chi connectivity index (χ4v) is 4.83. The summed E-state index contributed by atoms with van der Waals surface area (Å²) in [4.78, 5) is 30.3. The molecule has 0 aliphatic heterocycles. The van der Waals surface area contributed by atoms with Crippen LogP contribution in [0.2, 0.25) is 0 Å². The van der Waals surface area contributed by atoms with E-state index in [9.17, 15) is 14.9 Å². The molecule has 1 fully saturated rings. The monoisotopic (exact) mass is 426 g/mol. The van der Waals surface area contributed by atoms with Gasteiger partial charge in [0.1, 0.15) is 5.54 Å². The second kappa shape index (κ2) is 10.6. The quantitative estimate of drug-likeness (QED) is 0.364. The number of thioether (sulfide) groups is 1. The zero-order valence-corrected chi connectivity index (χ0v) is 18.5. The van der Waals surface area contributed by atoms with Crippen molar-refractivity contribution in [3.05, 3.63) is 34.6 Å². The van der Waals surface area contributed by atoms with Crippen molar-refractivity contribution in [1.82, 2.24) is 14.9 Å². The van der Waals surface area contributed by atoms with Crippen molar-refractivity contribution in [2.75, 3.05) is 5.75 Å². The van der Waals surface area contributed by atoms with Gasteiger partial charge < -0.3 is 5.32 Å². The number of para-hydroxylation sites is 1. The number of nitrogens with one attached hydrogen (secondary N) is 1. The Labute approximate surface area is 182 Å². The molecule has 0 radical (unpaired) electrons. The van der Waals surface area contributed by atoms with E-state index < -0.39 is 5.54 Å². The lowest BCUT2D eigenvalue weighted by Crippen LogP contribution is -2.49. The fraction of sp³-hybridized carbons (Fsp3) is 0.565. The van der Waals surface area contributed by atoms with Crippen LogP contribution < -0.4 is 10.9 Å². The van der Waals surface area contributed by atoms with Crippen molar-refractivity contribution in [3.8, 4) is 6.07 Å². The van der Waals surface area contributed by atoms with Crippen LogP contribution in [0.5, 0.6) is 0 Å². The minimum atomic E-state index is -0.744. The molecule has 7 heteroatoms. The van der Waals surface area contributed by atoms with E-state index in [1.54, 1.807) is 10.6 Å². The van der Waals surface area contributed by atoms with Gasteiger partial charge in [0, 0.05) is 6.54 Å². The van der Waals surface area contributed by atoms with Gasteiger partial charge in [-0.2, -0.15) is 5.26 Å². The minimum Gasteiger partial charge on any atom is -0.337 e. The third kappa shape index (κ3) is 5.42. The number of nitrogens with zero attached hydrogens (tertiary/aromatic N) is 3. The molecule has 1 aliphatic carbocycles. The third-order valence-electron chi connectivity index (χ3n) is 5.69. The Morgan fingerprint density at radius 3 is 2.73 bits per heavy atom. The van der Waals surface area contributed by atoms with Gasteiger partial charge in [0.15, 0.2) is 5.16 Å². The molecule has 1 saturated carbocycles. The fourth-order valence-electron chi connectivity index (χ4n) is 4.00. The van der Waals surface area contributed by atoms with Gasteiger partial charge in [-0.1, -0.05) is 69.3 Å². The zero-order chi connectivity index (χ0) is 21.4. The number of rotatable bonds is 9. The number of fused-ring (bicyclic) bond motifs is 1. The highest BCUT2D eigenvalue weighted by Gasteiger charge is 2.33. The molecule has 0 bridgehead atoms. The van der Waals surface area contributed by atoms with Crippen LogP contribution in [0.3, 0.4) is 0 Å². The van der Waals surface area contributed by atoms with E-state index in [1.165, 1.54) is 11.8 Å². The van der Waals surface area contributed by atoms with E-state index >= 15 is 0 Å². The van der Waals surface area contributed by atoms with E-state index in [0.29, 0.717) is 35.4 Å². The second-order valence-corrected chi connectivity index (χ2v) is 8.96. The number of nitriles is 1. The first-order valence-corrected chi connectivity index (χ1v) is 11.9. The summed E-state index contributed by atoms with van der Waals surface area (Å²) in [5.74, 6) is -0.0354. The van der Waals surface area contributed by atoms with Crippen molar-refractivity contribution in [2.45, 2.75) is 82.0 Å². The Hall–Kier alpha value is -2.33. The Morgan fingerprint density at radius 1 is 1.23 bits per heavy atom. The molecule has 1 aliphatic rings. The number of hydrogen-bond donors (Lipinski definition) is 1. The summed E-state index contributed by atoms with van der Waals surface area (Å²) >= 11 is 1.28. The molecule has 1 heterocycles. The van der Waals surface area contributed by atoms with Gasteiger partial charge in [0.25, 0.3) is 5.56 Å². The minimum absolute atomic E-state index is 0.0548. The number of benzene rings is 1. The first kappa shape index (κ1) is 22.4. The van der Waals surface area contributed by atoms with Gasteiger partial charge >= 0.3 is 0 Å². The normalized spacial score (nSPS) is 15.6. The molecular formula is C23H30N4O2S. The predicted octanol–water partition coefficient (Wildman–Crippen LogP) is 4.41. The number of hydrogen-bond acceptors (Lipinski definition) is 5. The molecule has 0 saturated heterocycles. The average Bonchev–Trinajstić information content (AvgIpc) is 2.77. The van der Waals surface area contributed by atoms with Crippen molar-refractivity contribution in [1.29, 1.82) is 5.26 Å². The molecule has 0 atom stereocenters. The highest BCUT2D eigenvalue weighted by molar-refractivity contribution is 7.99. The maximum atomic E-state index is 13.0. The van der Waals surface area contributed by atoms with Crippen LogP contribution in [0.4, 0.5) is 0 Å². The van der Waals surface area contributed by atoms with Gasteiger partial charge in [0.05, 0.1) is 22.7 Å². The van der Waals surface area contributed by atoms with Crippen molar-refractivity contribution in [3.63, 3.8) is 0 Å². The van der Waals surface area contributed by atoms with E-state index in [1.807, 2.05) is 18.2 Å². The number of amides is 1. The molecule has 1 N–H and O–H groups in total. The average molecular weight is 427 g/mol. The van der Waals surface area contributed by atoms with Crippen molar-refractivity contribution < 1.29 is 4.79 Å². The van der Waals surface area contributed by atoms with Gasteiger partial charge in [0.2, 0.25) is 5.91 Å². The molecule has 2 aromatic rings. The summed E-state index contributed by atoms with van der Waals surface area (Å²) < 4.78 is 1.70. The Balaban J connectivity index is 1.75. The van der Waals surface area contributed by atoms with Gasteiger partial charge in [-0.15, -0.1) is 0 Å². The lowest BCUT2D eigenvalue weighted by molar-refractivity contribution is -0.120. The molecule has 0 unspecified atom stereocenters. The van der Waals surface area contributed by atoms with E-state index in [-0.39, 0.29) is 17.2 Å². The Bertz CT molecular complexity index is 973. The highest BCUT2D eigenvalue weighted by atomic mass is 32.2. The molecule has 160 valence electrons. The molecule has 1 aromatic carbocycles. The largest absolute Gasteiger partial charge is 0.337 e. The van der Waals surface area contributed by atoms with Crippen LogP contribution in [-0.4, -0.2) is 26.8 Å². The lowest BCUT2D eigenvalue weighted by Gasteiger charge is -2.31. The van der Waals surface area contributed by atoms with E-state index in [0.717, 1.165) is 44.9 Å². The molecule has 3 rings (SSSR count). The summed E-state index contributed by atoms with van der Waals surface area (Å²) in [5, 5.41) is 13.7. The summed E-state index contributed by atoms with van der Waals surface area (Å²) in [6, 6.07) is 9.66. The topological polar surface area (TPSA) is 87.8 Å². The van der Waals surface area contributed by atoms with E-state index in [4.69, 9.17) is 0 Å². The lowest BCUT2D eigenvalue weighted by atomic mass is 9.83. The first-order chi connectivity index (χ1) is 14.6. The molecular weight excluding hydrogens is 396 g/mol. The smallest absolute Gasteiger partial charge is 0.262 e. The van der Waals surface area contributed by atoms with Gasteiger partial charge in [-0.25, -0.2) is 4.98 Å². The molecule has 6 nitrogen and oxygen atoms in total.